The van der Waals surface area contributed by atoms with Gasteiger partial charge in [0, 0.05) is 41.4 Å². The van der Waals surface area contributed by atoms with Gasteiger partial charge in [-0.05, 0) is 11.6 Å². The molecule has 192 valence electrons. The molecule has 2 heterocycles. The number of anilines is 1. The Balaban J connectivity index is 2.20. The Bertz CT molecular complexity index is 1290. The van der Waals surface area contributed by atoms with E-state index in [9.17, 15) is 24.0 Å². The second-order valence-electron chi connectivity index (χ2n) is 8.43. The second kappa shape index (κ2) is 11.1. The molecule has 0 saturated carbocycles. The van der Waals surface area contributed by atoms with E-state index in [4.69, 9.17) is 14.2 Å². The van der Waals surface area contributed by atoms with Crippen molar-refractivity contribution >= 4 is 29.8 Å². The molecule has 36 heavy (non-hydrogen) atoms. The zero-order chi connectivity index (χ0) is 26.6. The van der Waals surface area contributed by atoms with Gasteiger partial charge in [-0.15, -0.1) is 0 Å². The summed E-state index contributed by atoms with van der Waals surface area (Å²) in [6.07, 6.45) is 0.900. The van der Waals surface area contributed by atoms with E-state index in [1.165, 1.54) is 39.4 Å². The molecule has 2 aromatic rings. The number of fused-ring (bicyclic) bond motifs is 1. The SMILES string of the molecule is CC(=O)OC[C@@H](OC(C)=O)[C@@H](OC(C)=O)[C@@H]1C=Cc2c(n(C)c(=O)n(C)c2=O)N1Cc1ccccc1. The standard InChI is InChI=1S/C25H29N3O8/c1-15(29)34-14-21(35-16(2)30)22(36-17(3)31)20-12-11-19-23(26(4)25(33)27(5)24(19)32)28(20)13-18-9-7-6-8-10-18/h6-12,20-22H,13-14H2,1-5H3/t20-,21+,22-/m0/s1. The Morgan fingerprint density at radius 1 is 0.917 bits per heavy atom. The average molecular weight is 500 g/mol. The summed E-state index contributed by atoms with van der Waals surface area (Å²) >= 11 is 0. The van der Waals surface area contributed by atoms with Crippen molar-refractivity contribution in [2.24, 2.45) is 14.1 Å². The highest BCUT2D eigenvalue weighted by molar-refractivity contribution is 5.71. The zero-order valence-corrected chi connectivity index (χ0v) is 20.8. The lowest BCUT2D eigenvalue weighted by Crippen LogP contribution is -2.55. The number of ether oxygens (including phenoxy) is 3. The van der Waals surface area contributed by atoms with Crippen LogP contribution >= 0.6 is 0 Å². The summed E-state index contributed by atoms with van der Waals surface area (Å²) in [6.45, 7) is 3.46. The molecule has 0 fully saturated rings. The van der Waals surface area contributed by atoms with Gasteiger partial charge >= 0.3 is 23.6 Å². The number of esters is 3. The Morgan fingerprint density at radius 2 is 1.56 bits per heavy atom. The van der Waals surface area contributed by atoms with Gasteiger partial charge < -0.3 is 19.1 Å². The molecule has 0 radical (unpaired) electrons. The molecule has 1 aliphatic heterocycles. The van der Waals surface area contributed by atoms with Gasteiger partial charge in [-0.1, -0.05) is 36.4 Å². The molecule has 1 aliphatic rings. The molecule has 0 spiro atoms. The molecule has 11 nitrogen and oxygen atoms in total. The van der Waals surface area contributed by atoms with E-state index in [0.717, 1.165) is 10.1 Å². The molecule has 0 unspecified atom stereocenters. The molecule has 0 saturated heterocycles. The maximum atomic E-state index is 13.0. The normalized spacial score (nSPS) is 16.0. The monoisotopic (exact) mass is 499 g/mol. The molecule has 3 atom stereocenters. The molecule has 0 bridgehead atoms. The van der Waals surface area contributed by atoms with Crippen LogP contribution in [0.1, 0.15) is 31.9 Å². The highest BCUT2D eigenvalue weighted by atomic mass is 16.6. The number of hydrogen-bond acceptors (Lipinski definition) is 9. The Hall–Kier alpha value is -4.15. The van der Waals surface area contributed by atoms with Crippen molar-refractivity contribution in [1.82, 2.24) is 9.13 Å². The Kier molecular flexibility index (Phi) is 8.13. The van der Waals surface area contributed by atoms with Gasteiger partial charge in [-0.2, -0.15) is 0 Å². The van der Waals surface area contributed by atoms with Crippen molar-refractivity contribution in [1.29, 1.82) is 0 Å². The highest BCUT2D eigenvalue weighted by Gasteiger charge is 2.41. The molecule has 0 aliphatic carbocycles. The third kappa shape index (κ3) is 5.73. The highest BCUT2D eigenvalue weighted by Crippen LogP contribution is 2.31. The number of rotatable bonds is 8. The van der Waals surface area contributed by atoms with Crippen LogP contribution in [-0.2, 0) is 49.2 Å². The molecule has 3 rings (SSSR count). The average Bonchev–Trinajstić information content (AvgIpc) is 2.82. The van der Waals surface area contributed by atoms with Crippen molar-refractivity contribution in [2.75, 3.05) is 11.5 Å². The quantitative estimate of drug-likeness (QED) is 0.385. The van der Waals surface area contributed by atoms with Gasteiger partial charge in [-0.25, -0.2) is 4.79 Å². The van der Waals surface area contributed by atoms with Gasteiger partial charge in [-0.3, -0.25) is 28.3 Å². The summed E-state index contributed by atoms with van der Waals surface area (Å²) in [5.74, 6) is -1.62. The summed E-state index contributed by atoms with van der Waals surface area (Å²) in [5, 5.41) is 0. The van der Waals surface area contributed by atoms with Crippen LogP contribution in [0.3, 0.4) is 0 Å². The van der Waals surface area contributed by atoms with E-state index >= 15 is 0 Å². The lowest BCUT2D eigenvalue weighted by Gasteiger charge is -2.41. The number of nitrogens with zero attached hydrogens (tertiary/aromatic N) is 3. The van der Waals surface area contributed by atoms with E-state index in [-0.39, 0.29) is 18.7 Å². The van der Waals surface area contributed by atoms with Crippen molar-refractivity contribution < 1.29 is 28.6 Å². The molecule has 0 amide bonds. The Labute approximate surface area is 207 Å². The van der Waals surface area contributed by atoms with E-state index in [1.807, 2.05) is 30.3 Å². The number of aromatic nitrogens is 2. The third-order valence-electron chi connectivity index (χ3n) is 5.73. The Morgan fingerprint density at radius 3 is 2.14 bits per heavy atom. The van der Waals surface area contributed by atoms with Gasteiger partial charge in [0.1, 0.15) is 12.4 Å². The minimum absolute atomic E-state index is 0.224. The molecular weight excluding hydrogens is 470 g/mol. The lowest BCUT2D eigenvalue weighted by molar-refractivity contribution is -0.173. The van der Waals surface area contributed by atoms with Crippen LogP contribution in [0.4, 0.5) is 5.82 Å². The predicted octanol–water partition coefficient (Wildman–Crippen LogP) is 0.913. The van der Waals surface area contributed by atoms with Crippen LogP contribution in [0.5, 0.6) is 0 Å². The maximum Gasteiger partial charge on any atom is 0.332 e. The van der Waals surface area contributed by atoms with Gasteiger partial charge in [0.05, 0.1) is 11.6 Å². The molecule has 1 aromatic heterocycles. The fourth-order valence-electron chi connectivity index (χ4n) is 4.21. The van der Waals surface area contributed by atoms with Crippen LogP contribution in [0, 0.1) is 0 Å². The van der Waals surface area contributed by atoms with E-state index < -0.39 is 47.4 Å². The van der Waals surface area contributed by atoms with E-state index in [0.29, 0.717) is 5.82 Å². The van der Waals surface area contributed by atoms with Crippen LogP contribution in [-0.4, -0.2) is 51.9 Å². The van der Waals surface area contributed by atoms with E-state index in [1.54, 1.807) is 17.1 Å². The first kappa shape index (κ1) is 26.5. The number of carbonyl (C=O) groups excluding carboxylic acids is 3. The van der Waals surface area contributed by atoms with Gasteiger partial charge in [0.2, 0.25) is 0 Å². The molecule has 11 heteroatoms. The molecular formula is C25H29N3O8. The van der Waals surface area contributed by atoms with Crippen LogP contribution in [0.15, 0.2) is 46.0 Å². The number of benzene rings is 1. The topological polar surface area (TPSA) is 126 Å². The molecule has 0 N–H and O–H groups in total. The van der Waals surface area contributed by atoms with Gasteiger partial charge in [0.15, 0.2) is 12.2 Å². The maximum absolute atomic E-state index is 13.0. The summed E-state index contributed by atoms with van der Waals surface area (Å²) in [5.41, 5.74) is 0.104. The fourth-order valence-corrected chi connectivity index (χ4v) is 4.21. The van der Waals surface area contributed by atoms with Crippen molar-refractivity contribution in [2.45, 2.75) is 45.6 Å². The van der Waals surface area contributed by atoms with Crippen molar-refractivity contribution in [3.63, 3.8) is 0 Å². The van der Waals surface area contributed by atoms with Crippen molar-refractivity contribution in [3.8, 4) is 0 Å². The van der Waals surface area contributed by atoms with Gasteiger partial charge in [0.25, 0.3) is 5.56 Å². The smallest absolute Gasteiger partial charge is 0.332 e. The number of hydrogen-bond donors (Lipinski definition) is 0. The second-order valence-corrected chi connectivity index (χ2v) is 8.43. The van der Waals surface area contributed by atoms with Crippen molar-refractivity contribution in [3.05, 3.63) is 68.4 Å². The summed E-state index contributed by atoms with van der Waals surface area (Å²) < 4.78 is 18.5. The summed E-state index contributed by atoms with van der Waals surface area (Å²) in [4.78, 5) is 63.1. The molecule has 1 aromatic carbocycles. The minimum atomic E-state index is -1.16. The summed E-state index contributed by atoms with van der Waals surface area (Å²) in [6, 6.07) is 8.50. The van der Waals surface area contributed by atoms with Crippen LogP contribution in [0.25, 0.3) is 6.08 Å². The zero-order valence-electron chi connectivity index (χ0n) is 20.8. The minimum Gasteiger partial charge on any atom is -0.462 e. The number of carbonyl (C=O) groups is 3. The third-order valence-corrected chi connectivity index (χ3v) is 5.73. The lowest BCUT2D eigenvalue weighted by atomic mass is 9.97. The first-order chi connectivity index (χ1) is 17.0. The van der Waals surface area contributed by atoms with Crippen LogP contribution < -0.4 is 16.1 Å². The fraction of sp³-hybridized carbons (Fsp3) is 0.400. The largest absolute Gasteiger partial charge is 0.462 e. The first-order valence-electron chi connectivity index (χ1n) is 11.3. The van der Waals surface area contributed by atoms with Crippen LogP contribution in [0.2, 0.25) is 0 Å². The first-order valence-corrected chi connectivity index (χ1v) is 11.3. The van der Waals surface area contributed by atoms with E-state index in [2.05, 4.69) is 0 Å². The summed E-state index contributed by atoms with van der Waals surface area (Å²) in [7, 11) is 2.93. The predicted molar refractivity (Wildman–Crippen MR) is 130 cm³/mol.